The van der Waals surface area contributed by atoms with Crippen LogP contribution in [0.4, 0.5) is 4.39 Å². The lowest BCUT2D eigenvalue weighted by Gasteiger charge is -2.23. The summed E-state index contributed by atoms with van der Waals surface area (Å²) in [6.07, 6.45) is 3.02. The minimum absolute atomic E-state index is 0.0688. The Bertz CT molecular complexity index is 921. The molecular weight excluding hydrogens is 355 g/mol. The van der Waals surface area contributed by atoms with Crippen molar-refractivity contribution in [1.82, 2.24) is 9.71 Å². The van der Waals surface area contributed by atoms with Gasteiger partial charge < -0.3 is 14.1 Å². The smallest absolute Gasteiger partial charge is 0.154 e. The Balaban J connectivity index is 1.92. The van der Waals surface area contributed by atoms with Gasteiger partial charge in [-0.1, -0.05) is 6.07 Å². The van der Waals surface area contributed by atoms with E-state index in [1.165, 1.54) is 12.5 Å². The fourth-order valence-electron chi connectivity index (χ4n) is 2.56. The number of halogens is 1. The van der Waals surface area contributed by atoms with Crippen LogP contribution in [-0.4, -0.2) is 19.4 Å². The van der Waals surface area contributed by atoms with Gasteiger partial charge in [-0.2, -0.15) is 0 Å². The number of nitrogens with one attached hydrogen (secondary N) is 1. The van der Waals surface area contributed by atoms with E-state index in [0.717, 1.165) is 5.39 Å². The standard InChI is InChI=1S/C19H21FN2O3S/c1-19(2,3)26(24)22-9-16-18(20)14(6-7-21-16)12-4-5-17-15(8-12)13(10-23)11-25-17/h4-8,11,22-23H,9-10H2,1-3H3. The maximum Gasteiger partial charge on any atom is 0.154 e. The van der Waals surface area contributed by atoms with Gasteiger partial charge in [0.1, 0.15) is 10.3 Å². The number of pyridine rings is 1. The molecule has 0 saturated heterocycles. The fraction of sp³-hybridized carbons (Fsp3) is 0.316. The number of aliphatic hydroxyl groups is 1. The molecule has 1 atom stereocenters. The van der Waals surface area contributed by atoms with Gasteiger partial charge >= 0.3 is 0 Å². The minimum Gasteiger partial charge on any atom is -0.598 e. The van der Waals surface area contributed by atoms with Crippen molar-refractivity contribution >= 4 is 22.3 Å². The van der Waals surface area contributed by atoms with Crippen LogP contribution in [0.1, 0.15) is 32.0 Å². The first-order valence-corrected chi connectivity index (χ1v) is 9.36. The summed E-state index contributed by atoms with van der Waals surface area (Å²) in [5.41, 5.74) is 2.54. The predicted octanol–water partition coefficient (Wildman–Crippen LogP) is 3.68. The lowest BCUT2D eigenvalue weighted by molar-refractivity contribution is 0.282. The number of aromatic nitrogens is 1. The average molecular weight is 376 g/mol. The molecule has 2 heterocycles. The Morgan fingerprint density at radius 2 is 2.08 bits per heavy atom. The van der Waals surface area contributed by atoms with E-state index in [1.807, 2.05) is 20.8 Å². The largest absolute Gasteiger partial charge is 0.598 e. The van der Waals surface area contributed by atoms with Crippen molar-refractivity contribution in [3.05, 3.63) is 53.8 Å². The lowest BCUT2D eigenvalue weighted by Crippen LogP contribution is -2.39. The van der Waals surface area contributed by atoms with Crippen LogP contribution in [0.3, 0.4) is 0 Å². The third kappa shape index (κ3) is 3.76. The zero-order valence-corrected chi connectivity index (χ0v) is 15.7. The molecule has 7 heteroatoms. The van der Waals surface area contributed by atoms with Gasteiger partial charge in [0, 0.05) is 34.1 Å². The summed E-state index contributed by atoms with van der Waals surface area (Å²) in [4.78, 5) is 4.07. The highest BCUT2D eigenvalue weighted by molar-refractivity contribution is 7.90. The van der Waals surface area contributed by atoms with E-state index < -0.39 is 21.9 Å². The number of benzene rings is 1. The molecule has 2 N–H and O–H groups in total. The average Bonchev–Trinajstić information content (AvgIpc) is 3.02. The molecule has 0 aliphatic carbocycles. The molecule has 0 spiro atoms. The van der Waals surface area contributed by atoms with Gasteiger partial charge in [0.25, 0.3) is 0 Å². The maximum atomic E-state index is 14.9. The number of hydrogen-bond donors (Lipinski definition) is 2. The number of fused-ring (bicyclic) bond motifs is 1. The van der Waals surface area contributed by atoms with E-state index in [2.05, 4.69) is 9.71 Å². The molecule has 1 unspecified atom stereocenters. The lowest BCUT2D eigenvalue weighted by atomic mass is 10.0. The SMILES string of the molecule is CC(C)(C)[S+]([O-])NCc1nccc(-c2ccc3occ(CO)c3c2)c1F. The van der Waals surface area contributed by atoms with E-state index in [1.54, 1.807) is 24.3 Å². The van der Waals surface area contributed by atoms with Crippen molar-refractivity contribution in [1.29, 1.82) is 0 Å². The van der Waals surface area contributed by atoms with Crippen LogP contribution in [-0.2, 0) is 24.5 Å². The minimum atomic E-state index is -1.31. The molecule has 0 saturated carbocycles. The Labute approximate surface area is 154 Å². The maximum absolute atomic E-state index is 14.9. The van der Waals surface area contributed by atoms with Crippen molar-refractivity contribution in [3.63, 3.8) is 0 Å². The number of nitrogens with zero attached hydrogens (tertiary/aromatic N) is 1. The van der Waals surface area contributed by atoms with Gasteiger partial charge in [0.05, 0.1) is 25.1 Å². The second-order valence-electron chi connectivity index (χ2n) is 6.95. The Morgan fingerprint density at radius 3 is 2.77 bits per heavy atom. The van der Waals surface area contributed by atoms with E-state index in [0.29, 0.717) is 22.3 Å². The van der Waals surface area contributed by atoms with Gasteiger partial charge in [-0.05, 0) is 44.5 Å². The van der Waals surface area contributed by atoms with E-state index in [4.69, 9.17) is 4.42 Å². The van der Waals surface area contributed by atoms with Crippen molar-refractivity contribution < 1.29 is 18.5 Å². The molecular formula is C19H21FN2O3S. The van der Waals surface area contributed by atoms with Crippen molar-refractivity contribution in [3.8, 4) is 11.1 Å². The van der Waals surface area contributed by atoms with Gasteiger partial charge in [0.2, 0.25) is 0 Å². The molecule has 0 aliphatic heterocycles. The highest BCUT2D eigenvalue weighted by Gasteiger charge is 2.26. The van der Waals surface area contributed by atoms with Crippen molar-refractivity contribution in [2.75, 3.05) is 0 Å². The molecule has 26 heavy (non-hydrogen) atoms. The van der Waals surface area contributed by atoms with E-state index >= 15 is 0 Å². The van der Waals surface area contributed by atoms with Crippen LogP contribution in [0.2, 0.25) is 0 Å². The van der Waals surface area contributed by atoms with Gasteiger partial charge in [-0.25, -0.2) is 4.39 Å². The van der Waals surface area contributed by atoms with Crippen molar-refractivity contribution in [2.24, 2.45) is 0 Å². The first-order chi connectivity index (χ1) is 12.3. The number of rotatable bonds is 5. The number of hydrogen-bond acceptors (Lipinski definition) is 5. The zero-order chi connectivity index (χ0) is 18.9. The molecule has 3 rings (SSSR count). The Hall–Kier alpha value is -1.93. The third-order valence-corrected chi connectivity index (χ3v) is 5.54. The molecule has 3 aromatic rings. The summed E-state index contributed by atoms with van der Waals surface area (Å²) < 4.78 is 34.8. The molecule has 2 aromatic heterocycles. The second kappa shape index (κ2) is 7.36. The molecule has 0 fully saturated rings. The van der Waals surface area contributed by atoms with E-state index in [-0.39, 0.29) is 18.8 Å². The van der Waals surface area contributed by atoms with E-state index in [9.17, 15) is 14.0 Å². The predicted molar refractivity (Wildman–Crippen MR) is 100 cm³/mol. The molecule has 0 amide bonds. The quantitative estimate of drug-likeness (QED) is 0.664. The first kappa shape index (κ1) is 18.8. The first-order valence-electron chi connectivity index (χ1n) is 8.21. The molecule has 0 aliphatic rings. The van der Waals surface area contributed by atoms with Gasteiger partial charge in [0.15, 0.2) is 5.82 Å². The number of furan rings is 1. The summed E-state index contributed by atoms with van der Waals surface area (Å²) in [6, 6.07) is 6.89. The molecule has 1 aromatic carbocycles. The van der Waals surface area contributed by atoms with Crippen LogP contribution in [0, 0.1) is 5.82 Å². The fourth-order valence-corrected chi connectivity index (χ4v) is 3.26. The van der Waals surface area contributed by atoms with Gasteiger partial charge in [-0.15, -0.1) is 4.72 Å². The van der Waals surface area contributed by atoms with Crippen LogP contribution in [0.5, 0.6) is 0 Å². The summed E-state index contributed by atoms with van der Waals surface area (Å²) in [5.74, 6) is -0.459. The molecule has 5 nitrogen and oxygen atoms in total. The summed E-state index contributed by atoms with van der Waals surface area (Å²) in [6.45, 7) is 5.45. The summed E-state index contributed by atoms with van der Waals surface area (Å²) in [5, 5.41) is 10.1. The van der Waals surface area contributed by atoms with Gasteiger partial charge in [-0.3, -0.25) is 4.98 Å². The zero-order valence-electron chi connectivity index (χ0n) is 14.9. The third-order valence-electron chi connectivity index (χ3n) is 4.02. The van der Waals surface area contributed by atoms with Crippen LogP contribution >= 0.6 is 0 Å². The molecule has 0 bridgehead atoms. The molecule has 138 valence electrons. The Kier molecular flexibility index (Phi) is 5.34. The van der Waals surface area contributed by atoms with Crippen molar-refractivity contribution in [2.45, 2.75) is 38.7 Å². The topological polar surface area (TPSA) is 81.3 Å². The monoisotopic (exact) mass is 376 g/mol. The second-order valence-corrected chi connectivity index (χ2v) is 9.00. The highest BCUT2D eigenvalue weighted by atomic mass is 32.2. The molecule has 0 radical (unpaired) electrons. The highest BCUT2D eigenvalue weighted by Crippen LogP contribution is 2.30. The van der Waals surface area contributed by atoms with Crippen LogP contribution in [0.15, 0.2) is 41.1 Å². The van der Waals surface area contributed by atoms with Crippen LogP contribution in [0.25, 0.3) is 22.1 Å². The number of aliphatic hydroxyl groups excluding tert-OH is 1. The normalized spacial score (nSPS) is 13.3. The summed E-state index contributed by atoms with van der Waals surface area (Å²) >= 11 is -1.31. The summed E-state index contributed by atoms with van der Waals surface area (Å²) in [7, 11) is 0. The van der Waals surface area contributed by atoms with Crippen LogP contribution < -0.4 is 4.72 Å². The Morgan fingerprint density at radius 1 is 1.31 bits per heavy atom.